The van der Waals surface area contributed by atoms with Crippen LogP contribution < -0.4 is 5.32 Å². The van der Waals surface area contributed by atoms with Gasteiger partial charge in [-0.1, -0.05) is 286 Å². The van der Waals surface area contributed by atoms with Gasteiger partial charge in [0.2, 0.25) is 5.91 Å². The molecule has 65 heavy (non-hydrogen) atoms. The highest BCUT2D eigenvalue weighted by atomic mass is 16.5. The first-order valence-corrected chi connectivity index (χ1v) is 27.7. The van der Waals surface area contributed by atoms with E-state index in [0.29, 0.717) is 19.3 Å². The summed E-state index contributed by atoms with van der Waals surface area (Å²) in [5, 5.41) is 23.8. The van der Waals surface area contributed by atoms with Crippen molar-refractivity contribution < 1.29 is 24.5 Å². The number of hydrogen-bond donors (Lipinski definition) is 3. The van der Waals surface area contributed by atoms with Crippen molar-refractivity contribution in [3.05, 3.63) is 72.9 Å². The van der Waals surface area contributed by atoms with E-state index in [9.17, 15) is 19.8 Å². The lowest BCUT2D eigenvalue weighted by Gasteiger charge is -2.24. The maximum Gasteiger partial charge on any atom is 0.306 e. The third-order valence-electron chi connectivity index (χ3n) is 12.5. The van der Waals surface area contributed by atoms with E-state index in [1.807, 2.05) is 60.8 Å². The zero-order valence-corrected chi connectivity index (χ0v) is 42.9. The Balaban J connectivity index is 4.65. The minimum Gasteiger partial charge on any atom is -0.462 e. The number of unbranched alkanes of at least 4 members (excludes halogenated alkanes) is 30. The quantitative estimate of drug-likeness (QED) is 0.0321. The van der Waals surface area contributed by atoms with Crippen molar-refractivity contribution in [1.82, 2.24) is 5.32 Å². The fourth-order valence-corrected chi connectivity index (χ4v) is 8.29. The first kappa shape index (κ1) is 62.3. The average Bonchev–Trinajstić information content (AvgIpc) is 3.30. The maximum absolute atomic E-state index is 13.2. The molecule has 0 spiro atoms. The van der Waals surface area contributed by atoms with Crippen molar-refractivity contribution in [2.75, 3.05) is 6.61 Å². The largest absolute Gasteiger partial charge is 0.462 e. The lowest BCUT2D eigenvalue weighted by atomic mass is 10.0. The Labute approximate surface area is 402 Å². The lowest BCUT2D eigenvalue weighted by Crippen LogP contribution is -2.46. The summed E-state index contributed by atoms with van der Waals surface area (Å²) in [5.41, 5.74) is 0. The second-order valence-corrected chi connectivity index (χ2v) is 18.8. The van der Waals surface area contributed by atoms with Crippen molar-refractivity contribution in [3.63, 3.8) is 0 Å². The molecule has 0 rings (SSSR count). The van der Waals surface area contributed by atoms with Crippen LogP contribution in [0.3, 0.4) is 0 Å². The van der Waals surface area contributed by atoms with Crippen LogP contribution in [0.2, 0.25) is 0 Å². The molecule has 3 N–H and O–H groups in total. The first-order valence-electron chi connectivity index (χ1n) is 27.7. The number of rotatable bonds is 49. The number of aliphatic hydroxyl groups is 2. The van der Waals surface area contributed by atoms with Crippen LogP contribution in [0.1, 0.15) is 265 Å². The van der Waals surface area contributed by atoms with Gasteiger partial charge in [0.05, 0.1) is 25.2 Å². The second kappa shape index (κ2) is 52.3. The van der Waals surface area contributed by atoms with Crippen molar-refractivity contribution in [1.29, 1.82) is 0 Å². The van der Waals surface area contributed by atoms with Crippen LogP contribution in [-0.4, -0.2) is 46.9 Å². The van der Waals surface area contributed by atoms with Gasteiger partial charge >= 0.3 is 5.97 Å². The van der Waals surface area contributed by atoms with E-state index >= 15 is 0 Å². The Bertz CT molecular complexity index is 1200. The number of carbonyl (C=O) groups excluding carboxylic acids is 2. The molecule has 1 amide bonds. The molecule has 0 saturated carbocycles. The van der Waals surface area contributed by atoms with Gasteiger partial charge in [-0.2, -0.15) is 0 Å². The summed E-state index contributed by atoms with van der Waals surface area (Å²) >= 11 is 0. The minimum atomic E-state index is -0.809. The third-order valence-corrected chi connectivity index (χ3v) is 12.5. The van der Waals surface area contributed by atoms with E-state index in [4.69, 9.17) is 4.74 Å². The Hall–Kier alpha value is -2.70. The number of aliphatic hydroxyl groups excluding tert-OH is 2. The van der Waals surface area contributed by atoms with E-state index in [2.05, 4.69) is 38.2 Å². The van der Waals surface area contributed by atoms with Crippen molar-refractivity contribution in [2.24, 2.45) is 0 Å². The van der Waals surface area contributed by atoms with Crippen LogP contribution in [0.25, 0.3) is 0 Å². The van der Waals surface area contributed by atoms with E-state index in [-0.39, 0.29) is 24.9 Å². The van der Waals surface area contributed by atoms with Crippen molar-refractivity contribution in [3.8, 4) is 0 Å². The van der Waals surface area contributed by atoms with E-state index in [0.717, 1.165) is 57.8 Å². The highest BCUT2D eigenvalue weighted by molar-refractivity contribution is 5.77. The summed E-state index contributed by atoms with van der Waals surface area (Å²) in [6, 6.07) is -0.727. The molecule has 3 atom stereocenters. The van der Waals surface area contributed by atoms with Crippen LogP contribution in [-0.2, 0) is 14.3 Å². The Morgan fingerprint density at radius 1 is 0.462 bits per heavy atom. The molecule has 0 aromatic rings. The zero-order chi connectivity index (χ0) is 47.4. The van der Waals surface area contributed by atoms with Crippen LogP contribution in [0, 0.1) is 0 Å². The number of amides is 1. The predicted octanol–water partition coefficient (Wildman–Crippen LogP) is 17.0. The number of ether oxygens (including phenoxy) is 1. The molecule has 0 radical (unpaired) electrons. The molecule has 0 aromatic heterocycles. The van der Waals surface area contributed by atoms with Gasteiger partial charge in [-0.25, -0.2) is 0 Å². The van der Waals surface area contributed by atoms with Gasteiger partial charge in [0.25, 0.3) is 0 Å². The molecule has 0 aliphatic carbocycles. The Kier molecular flexibility index (Phi) is 50.1. The topological polar surface area (TPSA) is 95.9 Å². The maximum atomic E-state index is 13.2. The molecule has 6 heteroatoms. The normalized spacial score (nSPS) is 13.7. The predicted molar refractivity (Wildman–Crippen MR) is 282 cm³/mol. The minimum absolute atomic E-state index is 0.0266. The van der Waals surface area contributed by atoms with Crippen LogP contribution in [0.15, 0.2) is 72.9 Å². The monoisotopic (exact) mass is 908 g/mol. The molecule has 0 bridgehead atoms. The average molecular weight is 908 g/mol. The smallest absolute Gasteiger partial charge is 0.306 e. The molecule has 3 unspecified atom stereocenters. The molecule has 0 aromatic carbocycles. The summed E-state index contributed by atoms with van der Waals surface area (Å²) in [6.07, 6.45) is 66.9. The summed E-state index contributed by atoms with van der Waals surface area (Å²) < 4.78 is 5.92. The van der Waals surface area contributed by atoms with Gasteiger partial charge in [0.1, 0.15) is 6.10 Å². The van der Waals surface area contributed by atoms with Gasteiger partial charge in [-0.3, -0.25) is 9.59 Å². The van der Waals surface area contributed by atoms with E-state index in [1.165, 1.54) is 161 Å². The molecule has 376 valence electrons. The van der Waals surface area contributed by atoms with E-state index < -0.39 is 18.2 Å². The van der Waals surface area contributed by atoms with Crippen molar-refractivity contribution in [2.45, 2.75) is 283 Å². The third kappa shape index (κ3) is 47.6. The van der Waals surface area contributed by atoms with Gasteiger partial charge in [0, 0.05) is 6.42 Å². The highest BCUT2D eigenvalue weighted by Crippen LogP contribution is 2.18. The molecule has 6 nitrogen and oxygen atoms in total. The van der Waals surface area contributed by atoms with Gasteiger partial charge in [-0.05, 0) is 38.5 Å². The van der Waals surface area contributed by atoms with Crippen LogP contribution in [0.4, 0.5) is 0 Å². The van der Waals surface area contributed by atoms with Gasteiger partial charge in [-0.15, -0.1) is 0 Å². The number of esters is 1. The fourth-order valence-electron chi connectivity index (χ4n) is 8.29. The summed E-state index contributed by atoms with van der Waals surface area (Å²) in [4.78, 5) is 26.2. The summed E-state index contributed by atoms with van der Waals surface area (Å²) in [6.45, 7) is 6.33. The van der Waals surface area contributed by atoms with Crippen LogP contribution >= 0.6 is 0 Å². The molecule has 0 saturated heterocycles. The fraction of sp³-hybridized carbons (Fsp3) is 0.763. The summed E-state index contributed by atoms with van der Waals surface area (Å²) in [7, 11) is 0. The van der Waals surface area contributed by atoms with E-state index in [1.54, 1.807) is 0 Å². The molecular formula is C59H105NO5. The highest BCUT2D eigenvalue weighted by Gasteiger charge is 2.24. The molecule has 0 aliphatic heterocycles. The SMILES string of the molecule is CC\C=C/C=C/C=C/C=C\C=C\C=C\CCCC(CC(=O)NC(CO)C(O)CCCCCCCCCCCCCCC)OC(=O)CCCCCCCCCCCCCCCCCCCC. The Morgan fingerprint density at radius 3 is 1.23 bits per heavy atom. The molecule has 0 aliphatic rings. The van der Waals surface area contributed by atoms with Crippen molar-refractivity contribution >= 4 is 11.9 Å². The molecule has 0 fully saturated rings. The first-order chi connectivity index (χ1) is 32.0. The molecule has 0 heterocycles. The Morgan fingerprint density at radius 2 is 0.831 bits per heavy atom. The standard InChI is InChI=1S/C59H105NO5/c1-4-7-10-13-16-19-22-25-27-28-29-31-34-37-40-43-46-49-52-59(64)65-55(50-47-44-41-38-35-33-30-26-23-20-17-14-11-8-5-2)53-58(63)60-56(54-61)57(62)51-48-45-42-39-36-32-24-21-18-15-12-9-6-3/h8,11,14,17,20,23,26,30,33,35,38,41,55-57,61-62H,4-7,9-10,12-13,15-16,18-19,21-22,24-25,27-29,31-32,34,36-37,39-40,42-54H2,1-3H3,(H,60,63)/b11-8-,17-14+,23-20+,30-26-,35-33+,41-38+. The van der Waals surface area contributed by atoms with Gasteiger partial charge < -0.3 is 20.3 Å². The lowest BCUT2D eigenvalue weighted by molar-refractivity contribution is -0.151. The number of allylic oxidation sites excluding steroid dienone is 12. The number of carbonyl (C=O) groups is 2. The zero-order valence-electron chi connectivity index (χ0n) is 42.9. The number of hydrogen-bond acceptors (Lipinski definition) is 5. The number of nitrogens with one attached hydrogen (secondary N) is 1. The van der Waals surface area contributed by atoms with Gasteiger partial charge in [0.15, 0.2) is 0 Å². The summed E-state index contributed by atoms with van der Waals surface area (Å²) in [5.74, 6) is -0.542. The molecular weight excluding hydrogens is 803 g/mol. The van der Waals surface area contributed by atoms with Crippen LogP contribution in [0.5, 0.6) is 0 Å². The second-order valence-electron chi connectivity index (χ2n) is 18.8.